The molecule has 10 heteroatoms. The Labute approximate surface area is 110 Å². The zero-order valence-electron chi connectivity index (χ0n) is 10.6. The van der Waals surface area contributed by atoms with E-state index in [4.69, 9.17) is 4.74 Å². The van der Waals surface area contributed by atoms with Gasteiger partial charge in [-0.15, -0.1) is 0 Å². The van der Waals surface area contributed by atoms with Crippen molar-refractivity contribution in [2.24, 2.45) is 5.92 Å². The zero-order chi connectivity index (χ0) is 15.0. The number of carbonyl (C=O) groups excluding carboxylic acids is 2. The summed E-state index contributed by atoms with van der Waals surface area (Å²) in [7, 11) is -3.71. The van der Waals surface area contributed by atoms with E-state index >= 15 is 0 Å². The average molecular weight is 295 g/mol. The third kappa shape index (κ3) is 2.96. The molecule has 0 unspecified atom stereocenters. The van der Waals surface area contributed by atoms with E-state index in [1.807, 2.05) is 0 Å². The number of alkyl carbamates (subject to hydrolysis) is 1. The molecular formula is C9H15N2O7S-. The molecule has 110 valence electrons. The van der Waals surface area contributed by atoms with Crippen LogP contribution in [0.3, 0.4) is 0 Å². The van der Waals surface area contributed by atoms with E-state index in [-0.39, 0.29) is 4.31 Å². The highest BCUT2D eigenvalue weighted by Crippen LogP contribution is 2.35. The van der Waals surface area contributed by atoms with E-state index in [9.17, 15) is 27.7 Å². The van der Waals surface area contributed by atoms with Crippen molar-refractivity contribution in [2.75, 3.05) is 7.05 Å². The van der Waals surface area contributed by atoms with Gasteiger partial charge in [0.1, 0.15) is 6.10 Å². The lowest BCUT2D eigenvalue weighted by Crippen LogP contribution is -2.69. The van der Waals surface area contributed by atoms with Gasteiger partial charge < -0.3 is 19.7 Å². The maximum atomic E-state index is 11.6. The first-order valence-electron chi connectivity index (χ1n) is 5.46. The summed E-state index contributed by atoms with van der Waals surface area (Å²) < 4.78 is 37.8. The summed E-state index contributed by atoms with van der Waals surface area (Å²) in [5.74, 6) is -2.09. The Hall–Kier alpha value is -1.39. The molecule has 1 saturated heterocycles. The van der Waals surface area contributed by atoms with Crippen molar-refractivity contribution in [3.63, 3.8) is 0 Å². The number of nitrogens with zero attached hydrogens (tertiary/aromatic N) is 1. The molecule has 1 fully saturated rings. The molecule has 1 aliphatic heterocycles. The number of hydrogen-bond acceptors (Lipinski definition) is 7. The van der Waals surface area contributed by atoms with Gasteiger partial charge in [-0.3, -0.25) is 4.79 Å². The van der Waals surface area contributed by atoms with Crippen LogP contribution in [-0.4, -0.2) is 59.7 Å². The number of amides is 2. The number of carbonyl (C=O) groups is 2. The Morgan fingerprint density at radius 3 is 2.42 bits per heavy atom. The summed E-state index contributed by atoms with van der Waals surface area (Å²) in [5, 5.41) is 11.6. The van der Waals surface area contributed by atoms with Gasteiger partial charge in [0.15, 0.2) is 10.3 Å². The minimum atomic E-state index is -5.01. The lowest BCUT2D eigenvalue weighted by atomic mass is 9.83. The molecule has 0 saturated carbocycles. The highest BCUT2D eigenvalue weighted by atomic mass is 32.2. The predicted octanol–water partition coefficient (Wildman–Crippen LogP) is -1.60. The summed E-state index contributed by atoms with van der Waals surface area (Å²) >= 11 is 0. The predicted molar refractivity (Wildman–Crippen MR) is 60.5 cm³/mol. The molecule has 2 N–H and O–H groups in total. The molecule has 0 bridgehead atoms. The molecule has 0 aliphatic carbocycles. The van der Waals surface area contributed by atoms with Gasteiger partial charge in [0.05, 0.1) is 18.1 Å². The molecule has 0 spiro atoms. The van der Waals surface area contributed by atoms with Gasteiger partial charge in [0, 0.05) is 7.05 Å². The molecule has 0 aromatic rings. The largest absolute Gasteiger partial charge is 0.731 e. The van der Waals surface area contributed by atoms with Crippen LogP contribution in [0.5, 0.6) is 0 Å². The van der Waals surface area contributed by atoms with Crippen molar-refractivity contribution in [1.29, 1.82) is 0 Å². The van der Waals surface area contributed by atoms with Gasteiger partial charge in [-0.05, 0) is 13.8 Å². The van der Waals surface area contributed by atoms with E-state index < -0.39 is 46.5 Å². The van der Waals surface area contributed by atoms with Crippen molar-refractivity contribution in [3.05, 3.63) is 0 Å². The first-order valence-corrected chi connectivity index (χ1v) is 6.83. The summed E-state index contributed by atoms with van der Waals surface area (Å²) in [6, 6.07) is -1.20. The van der Waals surface area contributed by atoms with Crippen LogP contribution in [0.1, 0.15) is 13.8 Å². The van der Waals surface area contributed by atoms with Crippen LogP contribution >= 0.6 is 0 Å². The maximum Gasteiger partial charge on any atom is 0.407 e. The molecule has 9 nitrogen and oxygen atoms in total. The first kappa shape index (κ1) is 15.7. The van der Waals surface area contributed by atoms with E-state index in [1.165, 1.54) is 20.9 Å². The average Bonchev–Trinajstić information content (AvgIpc) is 2.22. The summed E-state index contributed by atoms with van der Waals surface area (Å²) in [4.78, 5) is 22.6. The third-order valence-corrected chi connectivity index (χ3v) is 3.78. The first-order chi connectivity index (χ1) is 8.61. The second-order valence-corrected chi connectivity index (χ2v) is 5.46. The normalized spacial score (nSPS) is 26.4. The SMILES string of the molecule is CNC(=O)O[C@@H](C)[C@@H]1[C@@H]([C@@H](C)O)C(=O)N1S(=O)(=O)[O-]. The molecule has 1 rings (SSSR count). The fourth-order valence-corrected chi connectivity index (χ4v) is 2.98. The monoisotopic (exact) mass is 295 g/mol. The summed E-state index contributed by atoms with van der Waals surface area (Å²) in [6.45, 7) is 2.62. The molecule has 2 amide bonds. The number of ether oxygens (including phenoxy) is 1. The molecule has 1 aliphatic rings. The molecular weight excluding hydrogens is 280 g/mol. The van der Waals surface area contributed by atoms with Gasteiger partial charge >= 0.3 is 6.09 Å². The summed E-state index contributed by atoms with van der Waals surface area (Å²) in [5.41, 5.74) is 0. The highest BCUT2D eigenvalue weighted by molar-refractivity contribution is 7.84. The van der Waals surface area contributed by atoms with Crippen LogP contribution in [0, 0.1) is 5.92 Å². The van der Waals surface area contributed by atoms with E-state index in [0.29, 0.717) is 0 Å². The van der Waals surface area contributed by atoms with Gasteiger partial charge in [-0.1, -0.05) is 0 Å². The third-order valence-electron chi connectivity index (χ3n) is 2.88. The van der Waals surface area contributed by atoms with E-state index in [1.54, 1.807) is 0 Å². The topological polar surface area (TPSA) is 136 Å². The molecule has 1 heterocycles. The highest BCUT2D eigenvalue weighted by Gasteiger charge is 2.56. The van der Waals surface area contributed by atoms with Crippen molar-refractivity contribution in [3.8, 4) is 0 Å². The quantitative estimate of drug-likeness (QED) is 0.470. The molecule has 0 aromatic carbocycles. The number of rotatable bonds is 4. The van der Waals surface area contributed by atoms with Gasteiger partial charge in [0.2, 0.25) is 5.91 Å². The maximum absolute atomic E-state index is 11.6. The van der Waals surface area contributed by atoms with Crippen molar-refractivity contribution < 1.29 is 32.4 Å². The van der Waals surface area contributed by atoms with Crippen LogP contribution < -0.4 is 5.32 Å². The van der Waals surface area contributed by atoms with Gasteiger partial charge in [0.25, 0.3) is 0 Å². The van der Waals surface area contributed by atoms with Crippen molar-refractivity contribution >= 4 is 22.3 Å². The van der Waals surface area contributed by atoms with Gasteiger partial charge in [-0.2, -0.15) is 0 Å². The molecule has 4 atom stereocenters. The number of β-lactam (4-membered cyclic amide) rings is 1. The van der Waals surface area contributed by atoms with Crippen molar-refractivity contribution in [2.45, 2.75) is 32.1 Å². The summed E-state index contributed by atoms with van der Waals surface area (Å²) in [6.07, 6.45) is -3.05. The van der Waals surface area contributed by atoms with E-state index in [2.05, 4.69) is 5.32 Å². The molecule has 19 heavy (non-hydrogen) atoms. The Morgan fingerprint density at radius 2 is 2.05 bits per heavy atom. The fraction of sp³-hybridized carbons (Fsp3) is 0.778. The molecule has 0 radical (unpaired) electrons. The standard InChI is InChI=1S/C9H16N2O7S/c1-4(12)6-7(5(2)18-9(14)10-3)11(8(6)13)19(15,16)17/h4-7,12H,1-3H3,(H,10,14)(H,15,16,17)/p-1/t4-,5+,6-,7-/m1/s1. The number of nitrogens with one attached hydrogen (secondary N) is 1. The van der Waals surface area contributed by atoms with Crippen LogP contribution in [0.4, 0.5) is 4.79 Å². The van der Waals surface area contributed by atoms with E-state index in [0.717, 1.165) is 0 Å². The zero-order valence-corrected chi connectivity index (χ0v) is 11.4. The van der Waals surface area contributed by atoms with Crippen LogP contribution in [0.15, 0.2) is 0 Å². The smallest absolute Gasteiger partial charge is 0.407 e. The number of aliphatic hydroxyl groups is 1. The Kier molecular flexibility index (Phi) is 4.38. The van der Waals surface area contributed by atoms with Crippen molar-refractivity contribution in [1.82, 2.24) is 9.62 Å². The fourth-order valence-electron chi connectivity index (χ4n) is 2.03. The minimum absolute atomic E-state index is 0.0952. The Morgan fingerprint density at radius 1 is 1.53 bits per heavy atom. The second-order valence-electron chi connectivity index (χ2n) is 4.21. The second kappa shape index (κ2) is 5.31. The van der Waals surface area contributed by atoms with Crippen LogP contribution in [0.2, 0.25) is 0 Å². The van der Waals surface area contributed by atoms with Crippen LogP contribution in [0.25, 0.3) is 0 Å². The Bertz CT molecular complexity index is 475. The Balaban J connectivity index is 2.97. The lowest BCUT2D eigenvalue weighted by Gasteiger charge is -2.50. The number of hydrogen-bond donors (Lipinski definition) is 2. The van der Waals surface area contributed by atoms with Gasteiger partial charge in [-0.25, -0.2) is 17.5 Å². The molecule has 0 aromatic heterocycles. The van der Waals surface area contributed by atoms with Crippen LogP contribution in [-0.2, 0) is 19.8 Å². The number of aliphatic hydroxyl groups excluding tert-OH is 1. The minimum Gasteiger partial charge on any atom is -0.731 e. The lowest BCUT2D eigenvalue weighted by molar-refractivity contribution is -0.160.